The van der Waals surface area contributed by atoms with Crippen LogP contribution < -0.4 is 0 Å². The summed E-state index contributed by atoms with van der Waals surface area (Å²) in [5.41, 5.74) is 1.35. The van der Waals surface area contributed by atoms with Crippen molar-refractivity contribution >= 4 is 5.78 Å². The zero-order chi connectivity index (χ0) is 10.3. The molecule has 0 radical (unpaired) electrons. The van der Waals surface area contributed by atoms with Crippen molar-refractivity contribution in [2.24, 2.45) is 5.92 Å². The van der Waals surface area contributed by atoms with E-state index in [0.29, 0.717) is 12.3 Å². The molecule has 0 aromatic carbocycles. The van der Waals surface area contributed by atoms with Gasteiger partial charge in [-0.3, -0.25) is 4.79 Å². The molecule has 0 fully saturated rings. The molecule has 0 N–H and O–H groups in total. The molecule has 0 aliphatic rings. The van der Waals surface area contributed by atoms with E-state index in [1.165, 1.54) is 11.6 Å². The van der Waals surface area contributed by atoms with Crippen molar-refractivity contribution in [1.29, 1.82) is 0 Å². The molecule has 0 heterocycles. The third-order valence-corrected chi connectivity index (χ3v) is 1.99. The molecule has 74 valence electrons. The van der Waals surface area contributed by atoms with Crippen LogP contribution in [0, 0.1) is 5.92 Å². The first-order valence-electron chi connectivity index (χ1n) is 4.85. The van der Waals surface area contributed by atoms with Crippen LogP contribution in [0.4, 0.5) is 0 Å². The normalized spacial score (nSPS) is 11.9. The average Bonchev–Trinajstić information content (AvgIpc) is 2.03. The topological polar surface area (TPSA) is 17.1 Å². The Labute approximate surface area is 81.5 Å². The fourth-order valence-corrected chi connectivity index (χ4v) is 1.19. The zero-order valence-electron chi connectivity index (χ0n) is 8.97. The Kier molecular flexibility index (Phi) is 6.21. The fourth-order valence-electron chi connectivity index (χ4n) is 1.19. The Morgan fingerprint density at radius 3 is 2.54 bits per heavy atom. The molecule has 1 atom stereocenters. The van der Waals surface area contributed by atoms with Gasteiger partial charge < -0.3 is 0 Å². The van der Waals surface area contributed by atoms with Gasteiger partial charge in [-0.05, 0) is 38.7 Å². The number of carbonyl (C=O) groups excluding carboxylic acids is 1. The van der Waals surface area contributed by atoms with Crippen molar-refractivity contribution in [1.82, 2.24) is 0 Å². The Balaban J connectivity index is 3.63. The fraction of sp³-hybridized carbons (Fsp3) is 0.583. The van der Waals surface area contributed by atoms with E-state index in [0.717, 1.165) is 12.8 Å². The Bertz CT molecular complexity index is 197. The zero-order valence-corrected chi connectivity index (χ0v) is 8.97. The summed E-state index contributed by atoms with van der Waals surface area (Å²) in [6.45, 7) is 9.77. The molecule has 0 aromatic rings. The van der Waals surface area contributed by atoms with Gasteiger partial charge in [-0.2, -0.15) is 0 Å². The summed E-state index contributed by atoms with van der Waals surface area (Å²) in [5.74, 6) is 0.630. The maximum absolute atomic E-state index is 11.0. The van der Waals surface area contributed by atoms with Crippen molar-refractivity contribution in [3.8, 4) is 0 Å². The maximum Gasteiger partial charge on any atom is 0.155 e. The third kappa shape index (κ3) is 7.51. The minimum absolute atomic E-state index is 0.157. The number of carbonyl (C=O) groups is 1. The monoisotopic (exact) mass is 180 g/mol. The van der Waals surface area contributed by atoms with Gasteiger partial charge in [0, 0.05) is 6.42 Å². The molecule has 0 aliphatic heterocycles. The third-order valence-electron chi connectivity index (χ3n) is 1.99. The van der Waals surface area contributed by atoms with Crippen LogP contribution >= 0.6 is 0 Å². The molecule has 0 bridgehead atoms. The highest BCUT2D eigenvalue weighted by molar-refractivity contribution is 5.89. The lowest BCUT2D eigenvalue weighted by atomic mass is 9.98. The van der Waals surface area contributed by atoms with Crippen LogP contribution in [0.1, 0.15) is 40.0 Å². The molecule has 0 rings (SSSR count). The summed E-state index contributed by atoms with van der Waals surface area (Å²) in [7, 11) is 0. The lowest BCUT2D eigenvalue weighted by Crippen LogP contribution is -2.01. The molecular formula is C12H20O. The quantitative estimate of drug-likeness (QED) is 0.451. The number of hydrogen-bond acceptors (Lipinski definition) is 1. The van der Waals surface area contributed by atoms with Gasteiger partial charge in [-0.1, -0.05) is 25.2 Å². The molecule has 13 heavy (non-hydrogen) atoms. The van der Waals surface area contributed by atoms with E-state index in [4.69, 9.17) is 0 Å². The van der Waals surface area contributed by atoms with Gasteiger partial charge in [-0.15, -0.1) is 0 Å². The lowest BCUT2D eigenvalue weighted by molar-refractivity contribution is -0.115. The second-order valence-electron chi connectivity index (χ2n) is 3.84. The highest BCUT2D eigenvalue weighted by Gasteiger charge is 2.04. The highest BCUT2D eigenvalue weighted by atomic mass is 16.1. The molecule has 0 saturated heterocycles. The van der Waals surface area contributed by atoms with E-state index < -0.39 is 0 Å². The largest absolute Gasteiger partial charge is 0.295 e. The first-order chi connectivity index (χ1) is 6.06. The molecule has 0 unspecified atom stereocenters. The smallest absolute Gasteiger partial charge is 0.155 e. The summed E-state index contributed by atoms with van der Waals surface area (Å²) in [4.78, 5) is 11.0. The van der Waals surface area contributed by atoms with Crippen molar-refractivity contribution in [2.45, 2.75) is 40.0 Å². The maximum atomic E-state index is 11.0. The Morgan fingerprint density at radius 2 is 2.08 bits per heavy atom. The van der Waals surface area contributed by atoms with Crippen LogP contribution in [-0.2, 0) is 4.79 Å². The highest BCUT2D eigenvalue weighted by Crippen LogP contribution is 2.12. The van der Waals surface area contributed by atoms with Crippen LogP contribution in [0.5, 0.6) is 0 Å². The molecule has 0 spiro atoms. The molecule has 1 nitrogen and oxygen atoms in total. The summed E-state index contributed by atoms with van der Waals surface area (Å²) in [5, 5.41) is 0. The van der Waals surface area contributed by atoms with E-state index >= 15 is 0 Å². The Morgan fingerprint density at radius 1 is 1.46 bits per heavy atom. The second kappa shape index (κ2) is 6.64. The minimum atomic E-state index is 0.157. The number of allylic oxidation sites excluding steroid dienone is 3. The van der Waals surface area contributed by atoms with Gasteiger partial charge in [0.15, 0.2) is 5.78 Å². The van der Waals surface area contributed by atoms with Crippen LogP contribution in [0.15, 0.2) is 24.3 Å². The van der Waals surface area contributed by atoms with Crippen molar-refractivity contribution in [3.63, 3.8) is 0 Å². The molecular weight excluding hydrogens is 160 g/mol. The van der Waals surface area contributed by atoms with Crippen molar-refractivity contribution < 1.29 is 4.79 Å². The molecule has 0 saturated carbocycles. The van der Waals surface area contributed by atoms with Gasteiger partial charge in [0.05, 0.1) is 0 Å². The first kappa shape index (κ1) is 12.2. The SMILES string of the molecule is C=CC(=O)C[C@H](C)CCC=C(C)C. The molecule has 0 aliphatic carbocycles. The Hall–Kier alpha value is -0.850. The van der Waals surface area contributed by atoms with Crippen LogP contribution in [-0.4, -0.2) is 5.78 Å². The van der Waals surface area contributed by atoms with Crippen LogP contribution in [0.2, 0.25) is 0 Å². The predicted octanol–water partition coefficient (Wildman–Crippen LogP) is 3.51. The van der Waals surface area contributed by atoms with Gasteiger partial charge in [-0.25, -0.2) is 0 Å². The number of ketones is 1. The van der Waals surface area contributed by atoms with E-state index in [-0.39, 0.29) is 5.78 Å². The molecule has 1 heteroatoms. The lowest BCUT2D eigenvalue weighted by Gasteiger charge is -2.06. The molecule has 0 amide bonds. The summed E-state index contributed by atoms with van der Waals surface area (Å²) in [6.07, 6.45) is 6.44. The van der Waals surface area contributed by atoms with Crippen molar-refractivity contribution in [3.05, 3.63) is 24.3 Å². The summed E-state index contributed by atoms with van der Waals surface area (Å²) in [6, 6.07) is 0. The van der Waals surface area contributed by atoms with E-state index in [9.17, 15) is 4.79 Å². The number of rotatable bonds is 6. The minimum Gasteiger partial charge on any atom is -0.295 e. The van der Waals surface area contributed by atoms with E-state index in [2.05, 4.69) is 33.4 Å². The van der Waals surface area contributed by atoms with E-state index in [1.54, 1.807) is 0 Å². The van der Waals surface area contributed by atoms with Gasteiger partial charge in [0.25, 0.3) is 0 Å². The number of hydrogen-bond donors (Lipinski definition) is 0. The average molecular weight is 180 g/mol. The van der Waals surface area contributed by atoms with Gasteiger partial charge in [0.2, 0.25) is 0 Å². The van der Waals surface area contributed by atoms with Gasteiger partial charge in [0.1, 0.15) is 0 Å². The van der Waals surface area contributed by atoms with Crippen molar-refractivity contribution in [2.75, 3.05) is 0 Å². The van der Waals surface area contributed by atoms with Crippen LogP contribution in [0.3, 0.4) is 0 Å². The standard InChI is InChI=1S/C12H20O/c1-5-12(13)9-11(4)8-6-7-10(2)3/h5,7,11H,1,6,8-9H2,2-4H3/t11-/m1/s1. The molecule has 0 aromatic heterocycles. The van der Waals surface area contributed by atoms with Gasteiger partial charge >= 0.3 is 0 Å². The second-order valence-corrected chi connectivity index (χ2v) is 3.84. The first-order valence-corrected chi connectivity index (χ1v) is 4.85. The van der Waals surface area contributed by atoms with E-state index in [1.807, 2.05) is 0 Å². The van der Waals surface area contributed by atoms with Crippen LogP contribution in [0.25, 0.3) is 0 Å². The summed E-state index contributed by atoms with van der Waals surface area (Å²) >= 11 is 0. The summed E-state index contributed by atoms with van der Waals surface area (Å²) < 4.78 is 0. The predicted molar refractivity (Wildman–Crippen MR) is 57.7 cm³/mol.